The fraction of sp³-hybridized carbons (Fsp3) is 0.400. The molecule has 7 heteroatoms. The van der Waals surface area contributed by atoms with Gasteiger partial charge in [-0.15, -0.1) is 0 Å². The van der Waals surface area contributed by atoms with Crippen LogP contribution >= 0.6 is 11.6 Å². The number of benzene rings is 1. The molecule has 1 aliphatic rings. The lowest BCUT2D eigenvalue weighted by molar-refractivity contribution is -0.385. The third-order valence-corrected chi connectivity index (χ3v) is 3.04. The van der Waals surface area contributed by atoms with E-state index in [9.17, 15) is 15.2 Å². The number of piperazine rings is 1. The number of phenolic OH excluding ortho intramolecular Hbond substituents is 1. The van der Waals surface area contributed by atoms with E-state index in [0.29, 0.717) is 13.1 Å². The van der Waals surface area contributed by atoms with Crippen LogP contribution in [0.3, 0.4) is 0 Å². The minimum Gasteiger partial charge on any atom is -0.506 e. The van der Waals surface area contributed by atoms with Gasteiger partial charge < -0.3 is 15.7 Å². The van der Waals surface area contributed by atoms with Crippen LogP contribution < -0.4 is 10.6 Å². The molecule has 1 aromatic rings. The van der Waals surface area contributed by atoms with Gasteiger partial charge in [0.2, 0.25) is 0 Å². The second-order valence-corrected chi connectivity index (χ2v) is 4.20. The highest BCUT2D eigenvalue weighted by atomic mass is 35.5. The molecule has 0 aliphatic carbocycles. The van der Waals surface area contributed by atoms with Crippen molar-refractivity contribution in [1.82, 2.24) is 10.6 Å². The Kier molecular flexibility index (Phi) is 3.46. The van der Waals surface area contributed by atoms with E-state index < -0.39 is 4.92 Å². The third kappa shape index (κ3) is 2.33. The number of nitro benzene ring substituents is 1. The van der Waals surface area contributed by atoms with Crippen LogP contribution in [-0.2, 0) is 0 Å². The summed E-state index contributed by atoms with van der Waals surface area (Å²) in [4.78, 5) is 10.4. The lowest BCUT2D eigenvalue weighted by Gasteiger charge is -2.25. The normalized spacial score (nSPS) is 20.2. The average molecular weight is 258 g/mol. The summed E-state index contributed by atoms with van der Waals surface area (Å²) in [5.41, 5.74) is 0.128. The first kappa shape index (κ1) is 12.1. The van der Waals surface area contributed by atoms with Gasteiger partial charge in [0.25, 0.3) is 5.69 Å². The smallest absolute Gasteiger partial charge is 0.278 e. The maximum atomic E-state index is 10.9. The van der Waals surface area contributed by atoms with Crippen molar-refractivity contribution in [2.75, 3.05) is 19.6 Å². The number of nitrogens with one attached hydrogen (secondary N) is 2. The van der Waals surface area contributed by atoms with Crippen LogP contribution in [0.2, 0.25) is 5.02 Å². The van der Waals surface area contributed by atoms with Crippen LogP contribution in [0.5, 0.6) is 5.75 Å². The molecule has 0 amide bonds. The number of rotatable bonds is 2. The number of nitrogens with zero attached hydrogens (tertiary/aromatic N) is 1. The van der Waals surface area contributed by atoms with E-state index in [1.807, 2.05) is 0 Å². The van der Waals surface area contributed by atoms with Crippen molar-refractivity contribution < 1.29 is 10.0 Å². The lowest BCUT2D eigenvalue weighted by atomic mass is 10.0. The van der Waals surface area contributed by atoms with Crippen molar-refractivity contribution in [3.8, 4) is 5.75 Å². The molecular formula is C10H12ClN3O3. The fourth-order valence-electron chi connectivity index (χ4n) is 1.93. The summed E-state index contributed by atoms with van der Waals surface area (Å²) in [5.74, 6) is -0.220. The number of halogens is 1. The largest absolute Gasteiger partial charge is 0.506 e. The minimum atomic E-state index is -0.512. The van der Waals surface area contributed by atoms with Crippen LogP contribution in [0.25, 0.3) is 0 Å². The van der Waals surface area contributed by atoms with Crippen LogP contribution in [0, 0.1) is 10.1 Å². The van der Waals surface area contributed by atoms with Crippen molar-refractivity contribution in [2.45, 2.75) is 6.04 Å². The molecule has 3 N–H and O–H groups in total. The zero-order chi connectivity index (χ0) is 12.4. The summed E-state index contributed by atoms with van der Waals surface area (Å²) in [6.07, 6.45) is 0. The first-order valence-electron chi connectivity index (χ1n) is 5.21. The van der Waals surface area contributed by atoms with Gasteiger partial charge in [-0.2, -0.15) is 0 Å². The Morgan fingerprint density at radius 3 is 2.82 bits per heavy atom. The number of aromatic hydroxyl groups is 1. The predicted octanol–water partition coefficient (Wildman–Crippen LogP) is 1.19. The maximum Gasteiger partial charge on any atom is 0.278 e. The Morgan fingerprint density at radius 2 is 2.24 bits per heavy atom. The van der Waals surface area contributed by atoms with E-state index in [0.717, 1.165) is 6.54 Å². The SMILES string of the molecule is O=[N+]([O-])c1ccc(Cl)c(O)c1[C@@H]1CNCCN1. The molecule has 6 nitrogen and oxygen atoms in total. The summed E-state index contributed by atoms with van der Waals surface area (Å²) in [5, 5.41) is 27.1. The van der Waals surface area contributed by atoms with Crippen molar-refractivity contribution in [3.05, 3.63) is 32.8 Å². The molecule has 1 aliphatic heterocycles. The molecule has 92 valence electrons. The second-order valence-electron chi connectivity index (χ2n) is 3.80. The van der Waals surface area contributed by atoms with Crippen LogP contribution in [0.15, 0.2) is 12.1 Å². The molecule has 0 saturated carbocycles. The molecule has 1 saturated heterocycles. The molecule has 17 heavy (non-hydrogen) atoms. The van der Waals surface area contributed by atoms with Gasteiger partial charge in [-0.05, 0) is 6.07 Å². The summed E-state index contributed by atoms with van der Waals surface area (Å²) in [7, 11) is 0. The second kappa shape index (κ2) is 4.87. The molecule has 0 aromatic heterocycles. The van der Waals surface area contributed by atoms with Crippen molar-refractivity contribution >= 4 is 17.3 Å². The van der Waals surface area contributed by atoms with E-state index in [-0.39, 0.29) is 28.1 Å². The molecular weight excluding hydrogens is 246 g/mol. The van der Waals surface area contributed by atoms with Gasteiger partial charge in [0.15, 0.2) is 0 Å². The van der Waals surface area contributed by atoms with E-state index in [1.165, 1.54) is 12.1 Å². The van der Waals surface area contributed by atoms with Crippen LogP contribution in [0.4, 0.5) is 5.69 Å². The van der Waals surface area contributed by atoms with Crippen LogP contribution in [0.1, 0.15) is 11.6 Å². The lowest BCUT2D eigenvalue weighted by Crippen LogP contribution is -2.42. The number of nitro groups is 1. The van der Waals surface area contributed by atoms with Gasteiger partial charge >= 0.3 is 0 Å². The highest BCUT2D eigenvalue weighted by Gasteiger charge is 2.28. The molecule has 2 rings (SSSR count). The van der Waals surface area contributed by atoms with Gasteiger partial charge in [-0.1, -0.05) is 11.6 Å². The summed E-state index contributed by atoms with van der Waals surface area (Å²) >= 11 is 5.79. The van der Waals surface area contributed by atoms with Crippen molar-refractivity contribution in [1.29, 1.82) is 0 Å². The topological polar surface area (TPSA) is 87.4 Å². The fourth-order valence-corrected chi connectivity index (χ4v) is 2.10. The zero-order valence-corrected chi connectivity index (χ0v) is 9.70. The number of phenols is 1. The molecule has 0 unspecified atom stereocenters. The zero-order valence-electron chi connectivity index (χ0n) is 8.94. The standard InChI is InChI=1S/C10H12ClN3O3/c11-6-1-2-8(14(16)17)9(10(6)15)7-5-12-3-4-13-7/h1-2,7,12-13,15H,3-5H2/t7-/m0/s1. The van der Waals surface area contributed by atoms with E-state index >= 15 is 0 Å². The quantitative estimate of drug-likeness (QED) is 0.547. The Balaban J connectivity index is 2.48. The summed E-state index contributed by atoms with van der Waals surface area (Å²) in [6, 6.07) is 2.34. The number of hydrogen-bond acceptors (Lipinski definition) is 5. The maximum absolute atomic E-state index is 10.9. The van der Waals surface area contributed by atoms with Gasteiger partial charge in [0.05, 0.1) is 21.6 Å². The van der Waals surface area contributed by atoms with E-state index in [1.54, 1.807) is 0 Å². The first-order chi connectivity index (χ1) is 8.11. The highest BCUT2D eigenvalue weighted by molar-refractivity contribution is 6.32. The Morgan fingerprint density at radius 1 is 1.47 bits per heavy atom. The van der Waals surface area contributed by atoms with E-state index in [2.05, 4.69) is 10.6 Å². The molecule has 1 aromatic carbocycles. The Labute approximate surface area is 103 Å². The first-order valence-corrected chi connectivity index (χ1v) is 5.59. The van der Waals surface area contributed by atoms with Crippen molar-refractivity contribution in [3.63, 3.8) is 0 Å². The number of hydrogen-bond donors (Lipinski definition) is 3. The molecule has 1 heterocycles. The summed E-state index contributed by atoms with van der Waals surface area (Å²) in [6.45, 7) is 2.01. The van der Waals surface area contributed by atoms with Crippen molar-refractivity contribution in [2.24, 2.45) is 0 Å². The predicted molar refractivity (Wildman–Crippen MR) is 63.4 cm³/mol. The third-order valence-electron chi connectivity index (χ3n) is 2.73. The molecule has 0 bridgehead atoms. The molecule has 0 radical (unpaired) electrons. The molecule has 1 atom stereocenters. The van der Waals surface area contributed by atoms with Gasteiger partial charge in [-0.3, -0.25) is 10.1 Å². The van der Waals surface area contributed by atoms with Gasteiger partial charge in [0.1, 0.15) is 5.75 Å². The average Bonchev–Trinajstić information content (AvgIpc) is 2.33. The summed E-state index contributed by atoms with van der Waals surface area (Å²) < 4.78 is 0. The Bertz CT molecular complexity index is 447. The molecule has 0 spiro atoms. The van der Waals surface area contributed by atoms with Crippen LogP contribution in [-0.4, -0.2) is 29.7 Å². The van der Waals surface area contributed by atoms with Gasteiger partial charge in [-0.25, -0.2) is 0 Å². The minimum absolute atomic E-state index is 0.117. The highest BCUT2D eigenvalue weighted by Crippen LogP contribution is 2.38. The Hall–Kier alpha value is -1.37. The van der Waals surface area contributed by atoms with E-state index in [4.69, 9.17) is 11.6 Å². The molecule has 1 fully saturated rings. The monoisotopic (exact) mass is 257 g/mol. The van der Waals surface area contributed by atoms with Gasteiger partial charge in [0, 0.05) is 25.7 Å².